The zero-order chi connectivity index (χ0) is 35.1. The van der Waals surface area contributed by atoms with Crippen LogP contribution in [0.3, 0.4) is 0 Å². The summed E-state index contributed by atoms with van der Waals surface area (Å²) < 4.78 is 13.6. The van der Waals surface area contributed by atoms with Gasteiger partial charge in [-0.05, 0) is 89.2 Å². The van der Waals surface area contributed by atoms with Crippen molar-refractivity contribution in [3.05, 3.63) is 47.5 Å². The third-order valence-corrected chi connectivity index (χ3v) is 15.5. The maximum Gasteiger partial charge on any atom is 0.307 e. The van der Waals surface area contributed by atoms with Gasteiger partial charge in [0.1, 0.15) is 6.04 Å². The normalized spacial score (nSPS) is 42.7. The Hall–Kier alpha value is -2.82. The number of aromatic nitrogens is 4. The van der Waals surface area contributed by atoms with Crippen molar-refractivity contribution < 1.29 is 19.4 Å². The number of nitrogens with zero attached hydrogens (tertiary/aromatic N) is 4. The Labute approximate surface area is 291 Å². The van der Waals surface area contributed by atoms with Crippen molar-refractivity contribution in [3.8, 4) is 0 Å². The van der Waals surface area contributed by atoms with E-state index >= 15 is 0 Å². The third kappa shape index (κ3) is 4.90. The van der Waals surface area contributed by atoms with E-state index in [-0.39, 0.29) is 57.1 Å². The molecule has 5 N–H and O–H groups in total. The van der Waals surface area contributed by atoms with Gasteiger partial charge < -0.3 is 26.0 Å². The molecule has 0 spiro atoms. The number of anilines is 1. The number of carboxylic acids is 1. The average molecular weight is 675 g/mol. The van der Waals surface area contributed by atoms with Crippen LogP contribution in [-0.2, 0) is 14.3 Å². The maximum atomic E-state index is 13.4. The summed E-state index contributed by atoms with van der Waals surface area (Å²) in [4.78, 5) is 15.1. The van der Waals surface area contributed by atoms with Gasteiger partial charge in [-0.25, -0.2) is 0 Å². The highest BCUT2D eigenvalue weighted by molar-refractivity contribution is 5.73. The van der Waals surface area contributed by atoms with Crippen LogP contribution in [0.2, 0.25) is 0 Å². The van der Waals surface area contributed by atoms with E-state index < -0.39 is 11.9 Å². The summed E-state index contributed by atoms with van der Waals surface area (Å²) in [5.74, 6) is 0.393. The molecule has 4 aliphatic carbocycles. The standard InChI is InChI=1S/C39H58N6O4/c1-23(2)24(3)35(4)17-18-37(6)26-13-14-30-36(5)21-48-22-39(30,27(26)15-16-38(37,7)31(35)33(46)47)19-29(45-43-34(41)42-44-45)32(36)49-20-28(40)25-11-9-8-10-12-25/h8-12,15,23-24,26,28-32H,13-14,16-22,40H2,1-7H3,(H2,41,43)(H,46,47)/t24-,26+,28+,29-,30+,31-,32+,35-,36-,37-,38+,39+/m1/s1. The zero-order valence-corrected chi connectivity index (χ0v) is 30.6. The molecule has 1 saturated heterocycles. The van der Waals surface area contributed by atoms with E-state index in [0.717, 1.165) is 44.1 Å². The molecule has 5 aliphatic rings. The summed E-state index contributed by atoms with van der Waals surface area (Å²) in [6, 6.07) is 9.59. The molecule has 1 aromatic carbocycles. The van der Waals surface area contributed by atoms with Crippen molar-refractivity contribution in [2.45, 2.75) is 105 Å². The van der Waals surface area contributed by atoms with Gasteiger partial charge in [-0.3, -0.25) is 4.79 Å². The van der Waals surface area contributed by atoms with Crippen molar-refractivity contribution in [1.82, 2.24) is 20.2 Å². The number of rotatable bonds is 8. The van der Waals surface area contributed by atoms with Gasteiger partial charge >= 0.3 is 5.97 Å². The number of carbonyl (C=O) groups is 1. The van der Waals surface area contributed by atoms with Crippen LogP contribution in [0.4, 0.5) is 5.95 Å². The van der Waals surface area contributed by atoms with Crippen molar-refractivity contribution in [3.63, 3.8) is 0 Å². The summed E-state index contributed by atoms with van der Waals surface area (Å²) in [5.41, 5.74) is 13.9. The van der Waals surface area contributed by atoms with Crippen LogP contribution in [0.1, 0.15) is 105 Å². The molecule has 1 aliphatic heterocycles. The zero-order valence-electron chi connectivity index (χ0n) is 30.6. The number of ether oxygens (including phenoxy) is 2. The molecule has 10 nitrogen and oxygen atoms in total. The number of hydrogen-bond donors (Lipinski definition) is 3. The number of allylic oxidation sites excluding steroid dienone is 1. The molecule has 1 aromatic heterocycles. The molecule has 2 bridgehead atoms. The van der Waals surface area contributed by atoms with Crippen molar-refractivity contribution in [1.29, 1.82) is 0 Å². The van der Waals surface area contributed by atoms with Gasteiger partial charge in [-0.2, -0.15) is 4.80 Å². The lowest BCUT2D eigenvalue weighted by atomic mass is 9.34. The summed E-state index contributed by atoms with van der Waals surface area (Å²) in [5, 5.41) is 24.1. The summed E-state index contributed by atoms with van der Waals surface area (Å²) in [6.45, 7) is 17.7. The smallest absolute Gasteiger partial charge is 0.307 e. The van der Waals surface area contributed by atoms with E-state index in [1.807, 2.05) is 30.3 Å². The third-order valence-electron chi connectivity index (χ3n) is 15.5. The molecule has 0 radical (unpaired) electrons. The number of aliphatic carboxylic acids is 1. The van der Waals surface area contributed by atoms with Crippen LogP contribution in [0, 0.1) is 56.7 Å². The molecular weight excluding hydrogens is 616 g/mol. The molecule has 10 heteroatoms. The number of carboxylic acid groups (broad SMARTS) is 1. The van der Waals surface area contributed by atoms with Crippen molar-refractivity contribution in [2.75, 3.05) is 25.6 Å². The van der Waals surface area contributed by atoms with Gasteiger partial charge in [0, 0.05) is 10.8 Å². The lowest BCUT2D eigenvalue weighted by Gasteiger charge is -2.71. The fraction of sp³-hybridized carbons (Fsp3) is 0.744. The Morgan fingerprint density at radius 2 is 1.82 bits per heavy atom. The molecular formula is C39H58N6O4. The largest absolute Gasteiger partial charge is 0.481 e. The highest BCUT2D eigenvalue weighted by Crippen LogP contribution is 2.75. The minimum absolute atomic E-state index is 0.146. The van der Waals surface area contributed by atoms with Crippen LogP contribution in [0.25, 0.3) is 0 Å². The van der Waals surface area contributed by atoms with Gasteiger partial charge in [0.05, 0.1) is 37.9 Å². The van der Waals surface area contributed by atoms with Crippen molar-refractivity contribution >= 4 is 11.9 Å². The Bertz CT molecular complexity index is 1600. The first-order valence-corrected chi connectivity index (χ1v) is 18.6. The van der Waals surface area contributed by atoms with Gasteiger partial charge in [0.25, 0.3) is 5.95 Å². The fourth-order valence-electron chi connectivity index (χ4n) is 12.5. The second kappa shape index (κ2) is 11.9. The number of nitrogens with two attached hydrogens (primary N) is 2. The summed E-state index contributed by atoms with van der Waals surface area (Å²) >= 11 is 0. The molecule has 3 saturated carbocycles. The van der Waals surface area contributed by atoms with E-state index in [4.69, 9.17) is 20.9 Å². The van der Waals surface area contributed by atoms with Crippen LogP contribution < -0.4 is 11.5 Å². The van der Waals surface area contributed by atoms with E-state index in [9.17, 15) is 9.90 Å². The number of hydrogen-bond acceptors (Lipinski definition) is 8. The number of benzene rings is 1. The Morgan fingerprint density at radius 1 is 1.08 bits per heavy atom. The molecule has 2 aromatic rings. The maximum absolute atomic E-state index is 13.4. The molecule has 4 fully saturated rings. The molecule has 49 heavy (non-hydrogen) atoms. The monoisotopic (exact) mass is 674 g/mol. The number of nitrogen functional groups attached to an aromatic ring is 1. The van der Waals surface area contributed by atoms with Gasteiger partial charge in [-0.1, -0.05) is 95.5 Å². The first kappa shape index (κ1) is 34.6. The highest BCUT2D eigenvalue weighted by Gasteiger charge is 2.72. The van der Waals surface area contributed by atoms with E-state index in [1.54, 1.807) is 4.80 Å². The minimum atomic E-state index is -0.637. The SMILES string of the molecule is CC(C)[C@@H](C)[C@@]1(C)CC[C@]2(C)[C@H]3CC[C@@H]4[C@@]5(COC[C@@]4(C)[C@@H](OC[C@H](N)c4ccccc4)[C@H](n4nnc(N)n4)C5)C3=CC[C@@]2(C)[C@@H]1C(=O)O. The van der Waals surface area contributed by atoms with Crippen LogP contribution >= 0.6 is 0 Å². The molecule has 0 unspecified atom stereocenters. The molecule has 7 rings (SSSR count). The predicted molar refractivity (Wildman–Crippen MR) is 188 cm³/mol. The van der Waals surface area contributed by atoms with E-state index in [1.165, 1.54) is 5.57 Å². The molecule has 12 atom stereocenters. The summed E-state index contributed by atoms with van der Waals surface area (Å²) in [7, 11) is 0. The summed E-state index contributed by atoms with van der Waals surface area (Å²) in [6.07, 6.45) is 7.73. The predicted octanol–water partition coefficient (Wildman–Crippen LogP) is 6.47. The number of tetrazole rings is 1. The van der Waals surface area contributed by atoms with Gasteiger partial charge in [0.2, 0.25) is 0 Å². The first-order valence-electron chi connectivity index (χ1n) is 18.6. The topological polar surface area (TPSA) is 151 Å². The second-order valence-electron chi connectivity index (χ2n) is 17.9. The van der Waals surface area contributed by atoms with E-state index in [2.05, 4.69) is 70.0 Å². The Balaban J connectivity index is 1.29. The van der Waals surface area contributed by atoms with Crippen LogP contribution in [0.5, 0.6) is 0 Å². The Morgan fingerprint density at radius 3 is 2.47 bits per heavy atom. The highest BCUT2D eigenvalue weighted by atomic mass is 16.5. The Kier molecular flexibility index (Phi) is 8.39. The number of fused-ring (bicyclic) bond motifs is 3. The fourth-order valence-corrected chi connectivity index (χ4v) is 12.5. The molecule has 268 valence electrons. The van der Waals surface area contributed by atoms with Crippen LogP contribution in [0.15, 0.2) is 42.0 Å². The average Bonchev–Trinajstić information content (AvgIpc) is 3.50. The molecule has 0 amide bonds. The van der Waals surface area contributed by atoms with Crippen LogP contribution in [-0.4, -0.2) is 57.2 Å². The molecule has 2 heterocycles. The van der Waals surface area contributed by atoms with Gasteiger partial charge in [0.15, 0.2) is 0 Å². The lowest BCUT2D eigenvalue weighted by molar-refractivity contribution is -0.252. The quantitative estimate of drug-likeness (QED) is 0.268. The second-order valence-corrected chi connectivity index (χ2v) is 17.9. The van der Waals surface area contributed by atoms with Gasteiger partial charge in [-0.15, -0.1) is 5.10 Å². The minimum Gasteiger partial charge on any atom is -0.481 e. The first-order chi connectivity index (χ1) is 23.1. The van der Waals surface area contributed by atoms with E-state index in [0.29, 0.717) is 37.6 Å². The van der Waals surface area contributed by atoms with Crippen molar-refractivity contribution in [2.24, 2.45) is 62.4 Å². The lowest BCUT2D eigenvalue weighted by Crippen LogP contribution is -2.69.